The van der Waals surface area contributed by atoms with E-state index >= 15 is 0 Å². The minimum atomic E-state index is -0.579. The van der Waals surface area contributed by atoms with Gasteiger partial charge in [0.2, 0.25) is 5.82 Å². The van der Waals surface area contributed by atoms with Crippen LogP contribution < -0.4 is 10.1 Å². The van der Waals surface area contributed by atoms with Gasteiger partial charge in [0.15, 0.2) is 0 Å². The van der Waals surface area contributed by atoms with Crippen molar-refractivity contribution < 1.29 is 14.4 Å². The van der Waals surface area contributed by atoms with Crippen molar-refractivity contribution in [1.82, 2.24) is 9.97 Å². The van der Waals surface area contributed by atoms with Crippen molar-refractivity contribution >= 4 is 11.5 Å². The quantitative estimate of drug-likeness (QED) is 0.603. The van der Waals surface area contributed by atoms with Gasteiger partial charge in [0, 0.05) is 7.11 Å². The SMILES string of the molecule is COCC(C)(C)Nc1ncnc(OC)c1[N+](=O)[O-]. The van der Waals surface area contributed by atoms with Crippen molar-refractivity contribution in [3.63, 3.8) is 0 Å². The van der Waals surface area contributed by atoms with Crippen molar-refractivity contribution in [2.24, 2.45) is 0 Å². The first-order valence-electron chi connectivity index (χ1n) is 5.22. The third-order valence-electron chi connectivity index (χ3n) is 2.13. The van der Waals surface area contributed by atoms with Crippen molar-refractivity contribution in [1.29, 1.82) is 0 Å². The summed E-state index contributed by atoms with van der Waals surface area (Å²) in [5, 5.41) is 14.0. The van der Waals surface area contributed by atoms with Gasteiger partial charge in [-0.2, -0.15) is 4.98 Å². The summed E-state index contributed by atoms with van der Waals surface area (Å²) < 4.78 is 9.89. The van der Waals surface area contributed by atoms with Gasteiger partial charge in [-0.05, 0) is 13.8 Å². The smallest absolute Gasteiger partial charge is 0.372 e. The second-order valence-corrected chi connectivity index (χ2v) is 4.28. The van der Waals surface area contributed by atoms with Crippen LogP contribution in [0.5, 0.6) is 5.88 Å². The van der Waals surface area contributed by atoms with Crippen LogP contribution in [-0.2, 0) is 4.74 Å². The summed E-state index contributed by atoms with van der Waals surface area (Å²) in [5.74, 6) is 0.0274. The van der Waals surface area contributed by atoms with Gasteiger partial charge < -0.3 is 14.8 Å². The predicted octanol–water partition coefficient (Wildman–Crippen LogP) is 1.23. The Morgan fingerprint density at radius 2 is 2.11 bits per heavy atom. The van der Waals surface area contributed by atoms with Crippen molar-refractivity contribution in [2.75, 3.05) is 26.1 Å². The number of nitro groups is 1. The number of hydrogen-bond acceptors (Lipinski definition) is 7. The summed E-state index contributed by atoms with van der Waals surface area (Å²) in [6, 6.07) is 0. The number of nitrogens with zero attached hydrogens (tertiary/aromatic N) is 3. The number of methoxy groups -OCH3 is 2. The van der Waals surface area contributed by atoms with E-state index in [2.05, 4.69) is 15.3 Å². The van der Waals surface area contributed by atoms with Crippen LogP contribution in [0.1, 0.15) is 13.8 Å². The minimum Gasteiger partial charge on any atom is -0.476 e. The third kappa shape index (κ3) is 3.27. The Morgan fingerprint density at radius 3 is 2.61 bits per heavy atom. The topological polar surface area (TPSA) is 99.4 Å². The van der Waals surface area contributed by atoms with Crippen LogP contribution in [0.3, 0.4) is 0 Å². The minimum absolute atomic E-state index is 0.0780. The standard InChI is InChI=1S/C10H16N4O4/c1-10(2,5-17-3)13-8-7(14(15)16)9(18-4)12-6-11-8/h6H,5H2,1-4H3,(H,11,12,13). The van der Waals surface area contributed by atoms with E-state index in [-0.39, 0.29) is 17.4 Å². The molecule has 0 atom stereocenters. The van der Waals surface area contributed by atoms with Crippen LogP contribution in [0.15, 0.2) is 6.33 Å². The zero-order valence-electron chi connectivity index (χ0n) is 10.8. The Hall–Kier alpha value is -1.96. The van der Waals surface area contributed by atoms with E-state index < -0.39 is 10.5 Å². The number of rotatable bonds is 6. The summed E-state index contributed by atoms with van der Waals surface area (Å²) in [6.07, 6.45) is 1.21. The van der Waals surface area contributed by atoms with E-state index in [0.29, 0.717) is 6.61 Å². The molecule has 0 spiro atoms. The molecular weight excluding hydrogens is 240 g/mol. The molecule has 0 aromatic carbocycles. The summed E-state index contributed by atoms with van der Waals surface area (Å²) in [7, 11) is 2.87. The summed E-state index contributed by atoms with van der Waals surface area (Å²) in [6.45, 7) is 4.06. The zero-order chi connectivity index (χ0) is 13.8. The Morgan fingerprint density at radius 1 is 1.44 bits per heavy atom. The maximum absolute atomic E-state index is 11.0. The fourth-order valence-electron chi connectivity index (χ4n) is 1.49. The number of hydrogen-bond donors (Lipinski definition) is 1. The van der Waals surface area contributed by atoms with Gasteiger partial charge in [-0.15, -0.1) is 0 Å². The van der Waals surface area contributed by atoms with Crippen molar-refractivity contribution in [3.05, 3.63) is 16.4 Å². The van der Waals surface area contributed by atoms with Gasteiger partial charge in [-0.3, -0.25) is 10.1 Å². The molecule has 1 aromatic rings. The first-order chi connectivity index (χ1) is 8.41. The van der Waals surface area contributed by atoms with Gasteiger partial charge in [-0.25, -0.2) is 4.98 Å². The average molecular weight is 256 g/mol. The van der Waals surface area contributed by atoms with E-state index in [4.69, 9.17) is 9.47 Å². The molecule has 1 N–H and O–H groups in total. The highest BCUT2D eigenvalue weighted by atomic mass is 16.6. The molecule has 0 amide bonds. The van der Waals surface area contributed by atoms with Crippen LogP contribution in [-0.4, -0.2) is 41.3 Å². The molecule has 100 valence electrons. The number of anilines is 1. The molecule has 0 saturated carbocycles. The van der Waals surface area contributed by atoms with Crippen molar-refractivity contribution in [2.45, 2.75) is 19.4 Å². The molecule has 0 fully saturated rings. The molecule has 8 nitrogen and oxygen atoms in total. The second kappa shape index (κ2) is 5.58. The molecule has 0 radical (unpaired) electrons. The monoisotopic (exact) mass is 256 g/mol. The maximum Gasteiger partial charge on any atom is 0.372 e. The lowest BCUT2D eigenvalue weighted by atomic mass is 10.1. The fourth-order valence-corrected chi connectivity index (χ4v) is 1.49. The van der Waals surface area contributed by atoms with Crippen LogP contribution in [0, 0.1) is 10.1 Å². The van der Waals surface area contributed by atoms with E-state index in [1.165, 1.54) is 13.4 Å². The molecule has 0 saturated heterocycles. The average Bonchev–Trinajstić information content (AvgIpc) is 2.27. The van der Waals surface area contributed by atoms with E-state index in [0.717, 1.165) is 0 Å². The Bertz CT molecular complexity index is 436. The molecule has 0 aliphatic heterocycles. The molecule has 0 unspecified atom stereocenters. The van der Waals surface area contributed by atoms with E-state index in [9.17, 15) is 10.1 Å². The fraction of sp³-hybridized carbons (Fsp3) is 0.600. The molecule has 0 aliphatic rings. The lowest BCUT2D eigenvalue weighted by Crippen LogP contribution is -2.36. The number of aromatic nitrogens is 2. The predicted molar refractivity (Wildman–Crippen MR) is 64.8 cm³/mol. The third-order valence-corrected chi connectivity index (χ3v) is 2.13. The Labute approximate surface area is 104 Å². The molecule has 18 heavy (non-hydrogen) atoms. The molecule has 8 heteroatoms. The van der Waals surface area contributed by atoms with Crippen LogP contribution in [0.25, 0.3) is 0 Å². The molecule has 1 rings (SSSR count). The molecule has 0 bridgehead atoms. The summed E-state index contributed by atoms with van der Waals surface area (Å²) in [4.78, 5) is 18.0. The highest BCUT2D eigenvalue weighted by Gasteiger charge is 2.28. The maximum atomic E-state index is 11.0. The lowest BCUT2D eigenvalue weighted by molar-refractivity contribution is -0.385. The molecule has 0 aliphatic carbocycles. The van der Waals surface area contributed by atoms with Gasteiger partial charge in [0.05, 0.1) is 24.2 Å². The molecular formula is C10H16N4O4. The summed E-state index contributed by atoms with van der Waals surface area (Å²) >= 11 is 0. The van der Waals surface area contributed by atoms with Crippen LogP contribution in [0.4, 0.5) is 11.5 Å². The largest absolute Gasteiger partial charge is 0.476 e. The van der Waals surface area contributed by atoms with E-state index in [1.807, 2.05) is 13.8 Å². The second-order valence-electron chi connectivity index (χ2n) is 4.28. The first kappa shape index (κ1) is 14.1. The summed E-state index contributed by atoms with van der Waals surface area (Å²) in [5.41, 5.74) is -0.789. The Kier molecular flexibility index (Phi) is 4.38. The van der Waals surface area contributed by atoms with Crippen molar-refractivity contribution in [3.8, 4) is 5.88 Å². The van der Waals surface area contributed by atoms with E-state index in [1.54, 1.807) is 7.11 Å². The number of nitrogens with one attached hydrogen (secondary N) is 1. The van der Waals surface area contributed by atoms with Gasteiger partial charge in [0.25, 0.3) is 5.88 Å². The Balaban J connectivity index is 3.12. The van der Waals surface area contributed by atoms with Crippen LogP contribution in [0.2, 0.25) is 0 Å². The zero-order valence-corrected chi connectivity index (χ0v) is 10.8. The lowest BCUT2D eigenvalue weighted by Gasteiger charge is -2.25. The van der Waals surface area contributed by atoms with Gasteiger partial charge in [0.1, 0.15) is 6.33 Å². The number of ether oxygens (including phenoxy) is 2. The highest BCUT2D eigenvalue weighted by Crippen LogP contribution is 2.31. The van der Waals surface area contributed by atoms with Crippen LogP contribution >= 0.6 is 0 Å². The van der Waals surface area contributed by atoms with Gasteiger partial charge >= 0.3 is 5.69 Å². The van der Waals surface area contributed by atoms with Gasteiger partial charge in [-0.1, -0.05) is 0 Å². The molecule has 1 aromatic heterocycles. The molecule has 1 heterocycles. The first-order valence-corrected chi connectivity index (χ1v) is 5.22. The highest BCUT2D eigenvalue weighted by molar-refractivity contribution is 5.62. The normalized spacial score (nSPS) is 11.1.